The molecule has 0 bridgehead atoms. The van der Waals surface area contributed by atoms with E-state index in [4.69, 9.17) is 0 Å². The highest BCUT2D eigenvalue weighted by Crippen LogP contribution is 2.19. The van der Waals surface area contributed by atoms with Gasteiger partial charge in [0.2, 0.25) is 5.82 Å². The molecule has 0 saturated heterocycles. The quantitative estimate of drug-likeness (QED) is 0.468. The summed E-state index contributed by atoms with van der Waals surface area (Å²) in [5.41, 5.74) is -0.624. The third-order valence-corrected chi connectivity index (χ3v) is 2.14. The van der Waals surface area contributed by atoms with Crippen LogP contribution in [0, 0.1) is 0 Å². The average molecular weight is 218 g/mol. The highest BCUT2D eigenvalue weighted by molar-refractivity contribution is 7.57. The number of nitrogens with zero attached hydrogens (tertiary/aromatic N) is 1. The normalized spacial score (nSPS) is 11.4. The number of nitrogens with one attached hydrogen (secondary N) is 1. The minimum atomic E-state index is -4.88. The van der Waals surface area contributed by atoms with Gasteiger partial charge in [-0.05, 0) is 14.5 Å². The van der Waals surface area contributed by atoms with Crippen LogP contribution in [0.5, 0.6) is 0 Å². The Bertz CT molecular complexity index is 381. The monoisotopic (exact) mass is 218 g/mol. The summed E-state index contributed by atoms with van der Waals surface area (Å²) < 4.78 is 15.0. The fourth-order valence-corrected chi connectivity index (χ4v) is 1.20. The minimum absolute atomic E-state index is 0.140. The molecular formula is C6H7N2O5P-2. The second-order valence-electron chi connectivity index (χ2n) is 2.33. The molecule has 1 aromatic rings. The van der Waals surface area contributed by atoms with E-state index in [9.17, 15) is 19.1 Å². The number of aromatic amines is 1. The second-order valence-corrected chi connectivity index (χ2v) is 3.81. The number of rotatable bonds is 3. The average Bonchev–Trinajstić information content (AvgIpc) is 2.51. The van der Waals surface area contributed by atoms with Gasteiger partial charge in [0.1, 0.15) is 0 Å². The Balaban J connectivity index is 2.89. The Labute approximate surface area is 79.3 Å². The van der Waals surface area contributed by atoms with Crippen LogP contribution in [0.4, 0.5) is 0 Å². The van der Waals surface area contributed by atoms with Crippen LogP contribution in [0.2, 0.25) is 0 Å². The van der Waals surface area contributed by atoms with Gasteiger partial charge in [0.05, 0.1) is 18.2 Å². The summed E-state index contributed by atoms with van der Waals surface area (Å²) in [5.74, 6) is -1.10. The first kappa shape index (κ1) is 10.9. The lowest BCUT2D eigenvalue weighted by Crippen LogP contribution is -2.26. The van der Waals surface area contributed by atoms with E-state index in [0.717, 1.165) is 6.20 Å². The largest absolute Gasteiger partial charge is 0.806 e. The third-order valence-electron chi connectivity index (χ3n) is 1.33. The predicted molar refractivity (Wildman–Crippen MR) is 41.8 cm³/mol. The lowest BCUT2D eigenvalue weighted by Gasteiger charge is -2.27. The van der Waals surface area contributed by atoms with E-state index in [1.807, 2.05) is 0 Å². The molecule has 7 nitrogen and oxygen atoms in total. The van der Waals surface area contributed by atoms with E-state index < -0.39 is 19.0 Å². The first-order chi connectivity index (χ1) is 6.45. The summed E-state index contributed by atoms with van der Waals surface area (Å²) in [6.45, 7) is 1.73. The van der Waals surface area contributed by atoms with Crippen molar-refractivity contribution in [3.8, 4) is 0 Å². The Morgan fingerprint density at radius 2 is 2.36 bits per heavy atom. The maximum atomic E-state index is 11.0. The number of aromatic nitrogens is 2. The van der Waals surface area contributed by atoms with Crippen LogP contribution in [0.25, 0.3) is 0 Å². The molecule has 0 atom stereocenters. The number of H-pyrrole nitrogens is 1. The number of esters is 1. The summed E-state index contributed by atoms with van der Waals surface area (Å²) in [7, 11) is -4.88. The molecule has 0 saturated carbocycles. The summed E-state index contributed by atoms with van der Waals surface area (Å²) in [6.07, 6.45) is 0.785. The van der Waals surface area contributed by atoms with E-state index in [1.54, 1.807) is 6.92 Å². The van der Waals surface area contributed by atoms with Gasteiger partial charge in [-0.3, -0.25) is 0 Å². The first-order valence-corrected chi connectivity index (χ1v) is 5.24. The number of hydrogen-bond donors (Lipinski definition) is 1. The summed E-state index contributed by atoms with van der Waals surface area (Å²) in [4.78, 5) is 37.4. The van der Waals surface area contributed by atoms with Crippen molar-refractivity contribution >= 4 is 19.0 Å². The topological polar surface area (TPSA) is 118 Å². The van der Waals surface area contributed by atoms with Crippen molar-refractivity contribution in [3.63, 3.8) is 0 Å². The molecule has 1 N–H and O–H groups in total. The molecule has 8 heteroatoms. The van der Waals surface area contributed by atoms with Gasteiger partial charge in [0.25, 0.3) is 0 Å². The van der Waals surface area contributed by atoms with E-state index >= 15 is 0 Å². The lowest BCUT2D eigenvalue weighted by molar-refractivity contribution is -0.308. The van der Waals surface area contributed by atoms with E-state index in [2.05, 4.69) is 14.7 Å². The summed E-state index contributed by atoms with van der Waals surface area (Å²) in [5, 5.41) is 0. The highest BCUT2D eigenvalue weighted by atomic mass is 31.2. The molecule has 0 aliphatic carbocycles. The van der Waals surface area contributed by atoms with Crippen LogP contribution in [0.1, 0.15) is 17.5 Å². The van der Waals surface area contributed by atoms with Crippen LogP contribution >= 0.6 is 7.60 Å². The summed E-state index contributed by atoms with van der Waals surface area (Å²) in [6, 6.07) is 0. The zero-order chi connectivity index (χ0) is 10.8. The Morgan fingerprint density at radius 3 is 2.79 bits per heavy atom. The van der Waals surface area contributed by atoms with Crippen molar-refractivity contribution in [1.82, 2.24) is 9.97 Å². The van der Waals surface area contributed by atoms with Gasteiger partial charge in [-0.2, -0.15) is 0 Å². The van der Waals surface area contributed by atoms with Gasteiger partial charge in [-0.15, -0.1) is 0 Å². The molecule has 0 amide bonds. The first-order valence-electron chi connectivity index (χ1n) is 3.70. The second kappa shape index (κ2) is 3.91. The lowest BCUT2D eigenvalue weighted by atomic mass is 10.6. The zero-order valence-electron chi connectivity index (χ0n) is 7.22. The Kier molecular flexibility index (Phi) is 3.05. The maximum Gasteiger partial charge on any atom is 0.374 e. The van der Waals surface area contributed by atoms with Crippen molar-refractivity contribution in [2.45, 2.75) is 6.92 Å². The molecule has 0 unspecified atom stereocenters. The van der Waals surface area contributed by atoms with Crippen molar-refractivity contribution in [1.29, 1.82) is 0 Å². The fourth-order valence-electron chi connectivity index (χ4n) is 0.754. The van der Waals surface area contributed by atoms with Crippen molar-refractivity contribution < 1.29 is 23.9 Å². The van der Waals surface area contributed by atoms with Crippen molar-refractivity contribution in [3.05, 3.63) is 12.0 Å². The SMILES string of the molecule is CCOC(=O)c1ncc(P(=O)([O-])[O-])[nH]1. The standard InChI is InChI=1S/C6H9N2O5P/c1-2-13-6(9)5-7-3-4(8-5)14(10,11)12/h3H,2H2,1H3,(H,7,8)(H2,10,11,12)/p-2. The van der Waals surface area contributed by atoms with Gasteiger partial charge >= 0.3 is 5.97 Å². The molecule has 14 heavy (non-hydrogen) atoms. The van der Waals surface area contributed by atoms with Crippen LogP contribution < -0.4 is 15.2 Å². The number of carbonyl (C=O) groups is 1. The molecule has 1 rings (SSSR count). The molecule has 0 aromatic carbocycles. The number of ether oxygens (including phenoxy) is 1. The fraction of sp³-hybridized carbons (Fsp3) is 0.333. The zero-order valence-corrected chi connectivity index (χ0v) is 8.11. The molecule has 0 aliphatic heterocycles. The molecule has 0 radical (unpaired) electrons. The molecule has 0 fully saturated rings. The summed E-state index contributed by atoms with van der Waals surface area (Å²) >= 11 is 0. The number of imidazole rings is 1. The molecule has 1 aromatic heterocycles. The molecule has 1 heterocycles. The smallest absolute Gasteiger partial charge is 0.374 e. The van der Waals surface area contributed by atoms with Gasteiger partial charge < -0.3 is 24.1 Å². The third kappa shape index (κ3) is 2.41. The Hall–Kier alpha value is -1.17. The molecule has 78 valence electrons. The van der Waals surface area contributed by atoms with Crippen LogP contribution in [-0.2, 0) is 9.30 Å². The van der Waals surface area contributed by atoms with Crippen molar-refractivity contribution in [2.75, 3.05) is 6.61 Å². The van der Waals surface area contributed by atoms with Crippen LogP contribution in [0.15, 0.2) is 6.20 Å². The minimum Gasteiger partial charge on any atom is -0.806 e. The van der Waals surface area contributed by atoms with Crippen molar-refractivity contribution in [2.24, 2.45) is 0 Å². The Morgan fingerprint density at radius 1 is 1.71 bits per heavy atom. The predicted octanol–water partition coefficient (Wildman–Crippen LogP) is -1.87. The van der Waals surface area contributed by atoms with E-state index in [1.165, 1.54) is 0 Å². The van der Waals surface area contributed by atoms with E-state index in [0.29, 0.717) is 0 Å². The maximum absolute atomic E-state index is 11.0. The van der Waals surface area contributed by atoms with Gasteiger partial charge in [-0.25, -0.2) is 9.78 Å². The molecular weight excluding hydrogens is 211 g/mol. The van der Waals surface area contributed by atoms with Gasteiger partial charge in [-0.1, -0.05) is 0 Å². The van der Waals surface area contributed by atoms with Crippen LogP contribution in [0.3, 0.4) is 0 Å². The van der Waals surface area contributed by atoms with Crippen LogP contribution in [-0.4, -0.2) is 22.5 Å². The number of carbonyl (C=O) groups excluding carboxylic acids is 1. The van der Waals surface area contributed by atoms with Gasteiger partial charge in [0, 0.05) is 0 Å². The van der Waals surface area contributed by atoms with Gasteiger partial charge in [0.15, 0.2) is 0 Å². The highest BCUT2D eigenvalue weighted by Gasteiger charge is 2.11. The molecule has 0 aliphatic rings. The number of hydrogen-bond acceptors (Lipinski definition) is 6. The van der Waals surface area contributed by atoms with E-state index in [-0.39, 0.29) is 12.4 Å². The molecule has 0 spiro atoms.